The van der Waals surface area contributed by atoms with Crippen LogP contribution in [0.1, 0.15) is 97.8 Å². The highest BCUT2D eigenvalue weighted by Crippen LogP contribution is 2.43. The first kappa shape index (κ1) is 34.4. The predicted molar refractivity (Wildman–Crippen MR) is 170 cm³/mol. The molecule has 4 unspecified atom stereocenters. The van der Waals surface area contributed by atoms with E-state index in [0.29, 0.717) is 31.7 Å². The summed E-state index contributed by atoms with van der Waals surface area (Å²) in [5.74, 6) is 2.15. The Morgan fingerprint density at radius 3 is 1.71 bits per heavy atom. The zero-order valence-electron chi connectivity index (χ0n) is 26.4. The standard InChI is InChI=1S/C36H56O6/c1-4-33(42-28-32-27-36(32,3)38)13-9-5-6-11-24-40-34-18-14-30(15-19-34)31-16-20-35(21-17-31)41-25-12-8-7-10-23-39-26-22-29(2)37/h14-21,29,32-33,37-38H,4-13,22-28H2,1-3H3. The van der Waals surface area contributed by atoms with Gasteiger partial charge < -0.3 is 29.2 Å². The molecule has 0 aliphatic heterocycles. The highest BCUT2D eigenvalue weighted by Gasteiger charge is 2.48. The van der Waals surface area contributed by atoms with Gasteiger partial charge in [0.15, 0.2) is 0 Å². The molecule has 0 amide bonds. The molecule has 42 heavy (non-hydrogen) atoms. The van der Waals surface area contributed by atoms with Crippen molar-refractivity contribution in [2.75, 3.05) is 33.0 Å². The summed E-state index contributed by atoms with van der Waals surface area (Å²) in [6.07, 6.45) is 12.7. The van der Waals surface area contributed by atoms with E-state index >= 15 is 0 Å². The average Bonchev–Trinajstić information content (AvgIpc) is 3.61. The number of benzene rings is 2. The minimum atomic E-state index is -0.488. The normalized spacial score (nSPS) is 19.4. The van der Waals surface area contributed by atoms with Gasteiger partial charge in [0.1, 0.15) is 11.5 Å². The molecule has 1 aliphatic rings. The van der Waals surface area contributed by atoms with Crippen LogP contribution in [0.25, 0.3) is 11.1 Å². The molecule has 2 aromatic rings. The quantitative estimate of drug-likeness (QED) is 0.122. The highest BCUT2D eigenvalue weighted by atomic mass is 16.5. The molecule has 1 fully saturated rings. The Balaban J connectivity index is 1.20. The summed E-state index contributed by atoms with van der Waals surface area (Å²) in [4.78, 5) is 0. The number of ether oxygens (including phenoxy) is 4. The van der Waals surface area contributed by atoms with Crippen LogP contribution in [-0.4, -0.2) is 61.1 Å². The maximum atomic E-state index is 9.90. The molecule has 0 bridgehead atoms. The monoisotopic (exact) mass is 584 g/mol. The third kappa shape index (κ3) is 13.9. The molecule has 3 rings (SSSR count). The summed E-state index contributed by atoms with van der Waals surface area (Å²) in [7, 11) is 0. The van der Waals surface area contributed by atoms with Gasteiger partial charge in [0.25, 0.3) is 0 Å². The zero-order valence-corrected chi connectivity index (χ0v) is 26.4. The molecular formula is C36H56O6. The van der Waals surface area contributed by atoms with E-state index in [4.69, 9.17) is 18.9 Å². The second kappa shape index (κ2) is 19.2. The van der Waals surface area contributed by atoms with Crippen molar-refractivity contribution in [1.82, 2.24) is 0 Å². The third-order valence-electron chi connectivity index (χ3n) is 8.23. The minimum absolute atomic E-state index is 0.280. The second-order valence-electron chi connectivity index (χ2n) is 12.2. The molecule has 0 heterocycles. The summed E-state index contributed by atoms with van der Waals surface area (Å²) in [6, 6.07) is 16.6. The van der Waals surface area contributed by atoms with Gasteiger partial charge in [-0.15, -0.1) is 0 Å². The molecule has 0 radical (unpaired) electrons. The summed E-state index contributed by atoms with van der Waals surface area (Å²) >= 11 is 0. The summed E-state index contributed by atoms with van der Waals surface area (Å²) in [5, 5.41) is 19.1. The van der Waals surface area contributed by atoms with Crippen LogP contribution in [0, 0.1) is 5.92 Å². The summed E-state index contributed by atoms with van der Waals surface area (Å²) < 4.78 is 23.5. The lowest BCUT2D eigenvalue weighted by Crippen LogP contribution is -2.16. The minimum Gasteiger partial charge on any atom is -0.494 e. The molecule has 6 heteroatoms. The van der Waals surface area contributed by atoms with Crippen molar-refractivity contribution in [2.24, 2.45) is 5.92 Å². The van der Waals surface area contributed by atoms with E-state index in [1.54, 1.807) is 6.92 Å². The van der Waals surface area contributed by atoms with Gasteiger partial charge in [0.05, 0.1) is 37.6 Å². The van der Waals surface area contributed by atoms with Crippen molar-refractivity contribution in [3.8, 4) is 22.6 Å². The van der Waals surface area contributed by atoms with E-state index in [2.05, 4.69) is 43.3 Å². The van der Waals surface area contributed by atoms with E-state index in [1.165, 1.54) is 30.4 Å². The summed E-state index contributed by atoms with van der Waals surface area (Å²) in [6.45, 7) is 9.46. The number of hydrogen-bond donors (Lipinski definition) is 2. The number of hydrogen-bond acceptors (Lipinski definition) is 6. The maximum Gasteiger partial charge on any atom is 0.119 e. The van der Waals surface area contributed by atoms with E-state index in [9.17, 15) is 10.2 Å². The van der Waals surface area contributed by atoms with Crippen molar-refractivity contribution in [3.05, 3.63) is 48.5 Å². The van der Waals surface area contributed by atoms with Crippen LogP contribution >= 0.6 is 0 Å². The first-order chi connectivity index (χ1) is 20.4. The molecule has 1 aliphatic carbocycles. The van der Waals surface area contributed by atoms with E-state index in [-0.39, 0.29) is 6.10 Å². The first-order valence-electron chi connectivity index (χ1n) is 16.4. The smallest absolute Gasteiger partial charge is 0.119 e. The van der Waals surface area contributed by atoms with Crippen molar-refractivity contribution in [1.29, 1.82) is 0 Å². The van der Waals surface area contributed by atoms with Gasteiger partial charge in [-0.25, -0.2) is 0 Å². The molecular weight excluding hydrogens is 528 g/mol. The fourth-order valence-corrected chi connectivity index (χ4v) is 5.05. The van der Waals surface area contributed by atoms with Crippen LogP contribution < -0.4 is 9.47 Å². The van der Waals surface area contributed by atoms with Crippen LogP contribution in [0.2, 0.25) is 0 Å². The van der Waals surface area contributed by atoms with Crippen molar-refractivity contribution in [3.63, 3.8) is 0 Å². The van der Waals surface area contributed by atoms with E-state index in [0.717, 1.165) is 82.7 Å². The molecule has 2 N–H and O–H groups in total. The molecule has 236 valence electrons. The summed E-state index contributed by atoms with van der Waals surface area (Å²) in [5.41, 5.74) is 1.85. The predicted octanol–water partition coefficient (Wildman–Crippen LogP) is 7.98. The molecule has 0 saturated heterocycles. The van der Waals surface area contributed by atoms with Crippen molar-refractivity contribution >= 4 is 0 Å². The molecule has 4 atom stereocenters. The van der Waals surface area contributed by atoms with E-state index in [1.807, 2.05) is 19.1 Å². The molecule has 0 spiro atoms. The Hall–Kier alpha value is -2.12. The maximum absolute atomic E-state index is 9.90. The fourth-order valence-electron chi connectivity index (χ4n) is 5.05. The van der Waals surface area contributed by atoms with Crippen molar-refractivity contribution < 1.29 is 29.2 Å². The average molecular weight is 585 g/mol. The van der Waals surface area contributed by atoms with E-state index < -0.39 is 5.60 Å². The molecule has 1 saturated carbocycles. The SMILES string of the molecule is CCC(CCCCCCOc1ccc(-c2ccc(OCCCCCCOCCC(C)O)cc2)cc1)OCC1CC1(C)O. The largest absolute Gasteiger partial charge is 0.494 e. The fraction of sp³-hybridized carbons (Fsp3) is 0.667. The van der Waals surface area contributed by atoms with Crippen LogP contribution in [0.15, 0.2) is 48.5 Å². The van der Waals surface area contributed by atoms with Crippen molar-refractivity contribution in [2.45, 2.75) is 116 Å². The zero-order chi connectivity index (χ0) is 30.0. The first-order valence-corrected chi connectivity index (χ1v) is 16.4. The Bertz CT molecular complexity index is 956. The molecule has 2 aromatic carbocycles. The second-order valence-corrected chi connectivity index (χ2v) is 12.2. The lowest BCUT2D eigenvalue weighted by molar-refractivity contribution is 0.0202. The number of unbranched alkanes of at least 4 members (excludes halogenated alkanes) is 6. The van der Waals surface area contributed by atoms with Crippen LogP contribution in [0.4, 0.5) is 0 Å². The Kier molecular flexibility index (Phi) is 15.7. The van der Waals surface area contributed by atoms with Gasteiger partial charge in [-0.05, 0) is 101 Å². The van der Waals surface area contributed by atoms with Gasteiger partial charge in [0, 0.05) is 19.1 Å². The van der Waals surface area contributed by atoms with Crippen LogP contribution in [-0.2, 0) is 9.47 Å². The Morgan fingerprint density at radius 2 is 1.24 bits per heavy atom. The van der Waals surface area contributed by atoms with Gasteiger partial charge in [-0.3, -0.25) is 0 Å². The lowest BCUT2D eigenvalue weighted by atomic mass is 10.1. The number of rotatable bonds is 24. The number of aliphatic hydroxyl groups excluding tert-OH is 1. The Labute approximate surface area is 254 Å². The van der Waals surface area contributed by atoms with Gasteiger partial charge in [-0.2, -0.15) is 0 Å². The Morgan fingerprint density at radius 1 is 0.738 bits per heavy atom. The van der Waals surface area contributed by atoms with Crippen LogP contribution in [0.3, 0.4) is 0 Å². The highest BCUT2D eigenvalue weighted by molar-refractivity contribution is 5.64. The molecule has 6 nitrogen and oxygen atoms in total. The van der Waals surface area contributed by atoms with Gasteiger partial charge in [0.2, 0.25) is 0 Å². The molecule has 0 aromatic heterocycles. The third-order valence-corrected chi connectivity index (χ3v) is 8.23. The topological polar surface area (TPSA) is 77.4 Å². The van der Waals surface area contributed by atoms with Gasteiger partial charge in [-0.1, -0.05) is 56.9 Å². The number of aliphatic hydroxyl groups is 2. The lowest BCUT2D eigenvalue weighted by Gasteiger charge is -2.16. The van der Waals surface area contributed by atoms with Gasteiger partial charge >= 0.3 is 0 Å². The van der Waals surface area contributed by atoms with Crippen LogP contribution in [0.5, 0.6) is 11.5 Å².